The summed E-state index contributed by atoms with van der Waals surface area (Å²) in [6, 6.07) is 6.68. The van der Waals surface area contributed by atoms with E-state index in [4.69, 9.17) is 23.2 Å². The summed E-state index contributed by atoms with van der Waals surface area (Å²) >= 11 is 12.4. The molecule has 1 nitrogen and oxygen atoms in total. The molecule has 1 aliphatic rings. The molecule has 0 N–H and O–H groups in total. The molecule has 94 valence electrons. The van der Waals surface area contributed by atoms with E-state index < -0.39 is 0 Å². The predicted octanol–water partition coefficient (Wildman–Crippen LogP) is 4.70. The fourth-order valence-corrected chi connectivity index (χ4v) is 2.71. The summed E-state index contributed by atoms with van der Waals surface area (Å²) in [7, 11) is 0. The van der Waals surface area contributed by atoms with Gasteiger partial charge >= 0.3 is 0 Å². The Labute approximate surface area is 114 Å². The normalized spacial score (nSPS) is 15.4. The monoisotopic (exact) mass is 271 g/mol. The smallest absolute Gasteiger partial charge is 0.0642 e. The van der Waals surface area contributed by atoms with E-state index >= 15 is 0 Å². The first-order valence-electron chi connectivity index (χ1n) is 6.23. The van der Waals surface area contributed by atoms with Gasteiger partial charge in [0.05, 0.1) is 10.7 Å². The lowest BCUT2D eigenvalue weighted by Gasteiger charge is -2.29. The van der Waals surface area contributed by atoms with Gasteiger partial charge in [-0.25, -0.2) is 0 Å². The average Bonchev–Trinajstić information content (AvgIpc) is 3.09. The van der Waals surface area contributed by atoms with Crippen LogP contribution in [0.3, 0.4) is 0 Å². The van der Waals surface area contributed by atoms with E-state index in [-0.39, 0.29) is 0 Å². The van der Waals surface area contributed by atoms with Crippen molar-refractivity contribution in [2.24, 2.45) is 5.92 Å². The van der Waals surface area contributed by atoms with E-state index in [0.717, 1.165) is 22.8 Å². The SMILES string of the molecule is CC(C)CN(c1c(Cl)cccc1CCl)C1CC1. The molecule has 1 fully saturated rings. The first-order valence-corrected chi connectivity index (χ1v) is 7.14. The lowest BCUT2D eigenvalue weighted by Crippen LogP contribution is -2.30. The van der Waals surface area contributed by atoms with Crippen molar-refractivity contribution in [3.05, 3.63) is 28.8 Å². The zero-order chi connectivity index (χ0) is 12.4. The largest absolute Gasteiger partial charge is 0.367 e. The van der Waals surface area contributed by atoms with Crippen LogP contribution in [0.2, 0.25) is 5.02 Å². The highest BCUT2D eigenvalue weighted by molar-refractivity contribution is 6.33. The molecule has 0 radical (unpaired) electrons. The standard InChI is InChI=1S/C14H19Cl2N/c1-10(2)9-17(12-6-7-12)14-11(8-15)4-3-5-13(14)16/h3-5,10,12H,6-9H2,1-2H3. The summed E-state index contributed by atoms with van der Waals surface area (Å²) in [5.41, 5.74) is 2.30. The first-order chi connectivity index (χ1) is 8.13. The molecule has 0 unspecified atom stereocenters. The van der Waals surface area contributed by atoms with E-state index in [0.29, 0.717) is 17.8 Å². The molecule has 0 amide bonds. The zero-order valence-electron chi connectivity index (χ0n) is 10.4. The van der Waals surface area contributed by atoms with Crippen LogP contribution >= 0.6 is 23.2 Å². The van der Waals surface area contributed by atoms with Gasteiger partial charge in [-0.05, 0) is 30.4 Å². The summed E-state index contributed by atoms with van der Waals surface area (Å²) < 4.78 is 0. The van der Waals surface area contributed by atoms with Crippen LogP contribution in [-0.2, 0) is 5.88 Å². The third-order valence-corrected chi connectivity index (χ3v) is 3.64. The number of nitrogens with zero attached hydrogens (tertiary/aromatic N) is 1. The van der Waals surface area contributed by atoms with Crippen molar-refractivity contribution < 1.29 is 0 Å². The van der Waals surface area contributed by atoms with Gasteiger partial charge in [0.25, 0.3) is 0 Å². The molecular weight excluding hydrogens is 253 g/mol. The van der Waals surface area contributed by atoms with Crippen molar-refractivity contribution in [3.8, 4) is 0 Å². The van der Waals surface area contributed by atoms with Crippen molar-refractivity contribution in [1.29, 1.82) is 0 Å². The highest BCUT2D eigenvalue weighted by atomic mass is 35.5. The molecule has 1 saturated carbocycles. The van der Waals surface area contributed by atoms with Crippen LogP contribution in [0.1, 0.15) is 32.3 Å². The van der Waals surface area contributed by atoms with Gasteiger partial charge in [-0.1, -0.05) is 37.6 Å². The molecule has 0 heterocycles. The second-order valence-electron chi connectivity index (χ2n) is 5.16. The second-order valence-corrected chi connectivity index (χ2v) is 5.83. The maximum atomic E-state index is 6.36. The zero-order valence-corrected chi connectivity index (χ0v) is 11.9. The third kappa shape index (κ3) is 3.08. The Hall–Kier alpha value is -0.400. The number of para-hydroxylation sites is 1. The van der Waals surface area contributed by atoms with Crippen LogP contribution in [0.25, 0.3) is 0 Å². The van der Waals surface area contributed by atoms with E-state index in [9.17, 15) is 0 Å². The van der Waals surface area contributed by atoms with Crippen molar-refractivity contribution in [2.75, 3.05) is 11.4 Å². The summed E-state index contributed by atoms with van der Waals surface area (Å²) in [4.78, 5) is 2.45. The Balaban J connectivity index is 2.34. The summed E-state index contributed by atoms with van der Waals surface area (Å²) in [5.74, 6) is 1.16. The minimum absolute atomic E-state index is 0.525. The van der Waals surface area contributed by atoms with Crippen molar-refractivity contribution in [3.63, 3.8) is 0 Å². The van der Waals surface area contributed by atoms with E-state index in [2.05, 4.69) is 24.8 Å². The quantitative estimate of drug-likeness (QED) is 0.702. The second kappa shape index (κ2) is 5.49. The van der Waals surface area contributed by atoms with Crippen LogP contribution < -0.4 is 4.90 Å². The van der Waals surface area contributed by atoms with Gasteiger partial charge < -0.3 is 4.90 Å². The number of alkyl halides is 1. The van der Waals surface area contributed by atoms with Crippen molar-refractivity contribution in [1.82, 2.24) is 0 Å². The Morgan fingerprint density at radius 3 is 2.59 bits per heavy atom. The molecular formula is C14H19Cl2N. The summed E-state index contributed by atoms with van der Waals surface area (Å²) in [6.45, 7) is 5.54. The highest BCUT2D eigenvalue weighted by Gasteiger charge is 2.31. The highest BCUT2D eigenvalue weighted by Crippen LogP contribution is 2.39. The van der Waals surface area contributed by atoms with Crippen LogP contribution in [-0.4, -0.2) is 12.6 Å². The topological polar surface area (TPSA) is 3.24 Å². The molecule has 1 aromatic carbocycles. The Bertz CT molecular complexity index is 386. The van der Waals surface area contributed by atoms with Crippen LogP contribution in [0.15, 0.2) is 18.2 Å². The Morgan fingerprint density at radius 2 is 2.06 bits per heavy atom. The summed E-state index contributed by atoms with van der Waals surface area (Å²) in [5, 5.41) is 0.829. The van der Waals surface area contributed by atoms with E-state index in [1.54, 1.807) is 0 Å². The molecule has 0 saturated heterocycles. The molecule has 1 aliphatic carbocycles. The number of hydrogen-bond acceptors (Lipinski definition) is 1. The lowest BCUT2D eigenvalue weighted by atomic mass is 10.1. The van der Waals surface area contributed by atoms with Gasteiger partial charge in [-0.15, -0.1) is 11.6 Å². The van der Waals surface area contributed by atoms with Gasteiger partial charge in [0.1, 0.15) is 0 Å². The van der Waals surface area contributed by atoms with E-state index in [1.807, 2.05) is 12.1 Å². The predicted molar refractivity (Wildman–Crippen MR) is 76.2 cm³/mol. The molecule has 0 atom stereocenters. The van der Waals surface area contributed by atoms with Gasteiger partial charge in [-0.2, -0.15) is 0 Å². The number of hydrogen-bond donors (Lipinski definition) is 0. The molecule has 3 heteroatoms. The molecule has 2 rings (SSSR count). The third-order valence-electron chi connectivity index (χ3n) is 3.05. The molecule has 1 aromatic rings. The van der Waals surface area contributed by atoms with Crippen LogP contribution in [0, 0.1) is 5.92 Å². The van der Waals surface area contributed by atoms with E-state index in [1.165, 1.54) is 12.8 Å². The van der Waals surface area contributed by atoms with Gasteiger partial charge in [0, 0.05) is 18.5 Å². The van der Waals surface area contributed by atoms with Gasteiger partial charge in [0.15, 0.2) is 0 Å². The minimum Gasteiger partial charge on any atom is -0.367 e. The molecule has 17 heavy (non-hydrogen) atoms. The average molecular weight is 272 g/mol. The lowest BCUT2D eigenvalue weighted by molar-refractivity contribution is 0.606. The maximum absolute atomic E-state index is 6.36. The minimum atomic E-state index is 0.525. The molecule has 0 aromatic heterocycles. The number of rotatable bonds is 5. The molecule has 0 spiro atoms. The number of benzene rings is 1. The fraction of sp³-hybridized carbons (Fsp3) is 0.571. The van der Waals surface area contributed by atoms with Crippen LogP contribution in [0.5, 0.6) is 0 Å². The maximum Gasteiger partial charge on any atom is 0.0642 e. The fourth-order valence-electron chi connectivity index (χ4n) is 2.19. The Kier molecular flexibility index (Phi) is 4.22. The van der Waals surface area contributed by atoms with Crippen LogP contribution in [0.4, 0.5) is 5.69 Å². The molecule has 0 aliphatic heterocycles. The summed E-state index contributed by atoms with van der Waals surface area (Å²) in [6.07, 6.45) is 2.55. The number of halogens is 2. The Morgan fingerprint density at radius 1 is 1.35 bits per heavy atom. The first kappa shape index (κ1) is 13.0. The molecule has 0 bridgehead atoms. The van der Waals surface area contributed by atoms with Gasteiger partial charge in [0.2, 0.25) is 0 Å². The van der Waals surface area contributed by atoms with Gasteiger partial charge in [-0.3, -0.25) is 0 Å². The van der Waals surface area contributed by atoms with Crippen molar-refractivity contribution in [2.45, 2.75) is 38.6 Å². The van der Waals surface area contributed by atoms with Crippen molar-refractivity contribution >= 4 is 28.9 Å². The number of anilines is 1.